The number of amides is 1. The van der Waals surface area contributed by atoms with Crippen molar-refractivity contribution >= 4 is 44.0 Å². The number of aryl methyl sites for hydroxylation is 1. The maximum Gasteiger partial charge on any atom is 0.277 e. The van der Waals surface area contributed by atoms with Crippen LogP contribution in [0.2, 0.25) is 0 Å². The summed E-state index contributed by atoms with van der Waals surface area (Å²) in [6.07, 6.45) is 1.41. The van der Waals surface area contributed by atoms with E-state index >= 15 is 0 Å². The van der Waals surface area contributed by atoms with Gasteiger partial charge in [-0.1, -0.05) is 12.1 Å². The van der Waals surface area contributed by atoms with E-state index in [9.17, 15) is 4.79 Å². The van der Waals surface area contributed by atoms with Crippen molar-refractivity contribution in [3.8, 4) is 5.75 Å². The molecule has 0 aliphatic heterocycles. The zero-order valence-electron chi connectivity index (χ0n) is 12.0. The Bertz CT molecular complexity index is 691. The molecule has 1 heterocycles. The van der Waals surface area contributed by atoms with Crippen molar-refractivity contribution < 1.29 is 13.9 Å². The summed E-state index contributed by atoms with van der Waals surface area (Å²) in [7, 11) is 0. The summed E-state index contributed by atoms with van der Waals surface area (Å²) >= 11 is 6.51. The molecule has 116 valence electrons. The van der Waals surface area contributed by atoms with Crippen LogP contribution in [0.25, 0.3) is 0 Å². The lowest BCUT2D eigenvalue weighted by Gasteiger charge is -2.09. The molecule has 0 saturated heterocycles. The highest BCUT2D eigenvalue weighted by Gasteiger charge is 2.06. The van der Waals surface area contributed by atoms with E-state index in [2.05, 4.69) is 42.4 Å². The molecule has 0 unspecified atom stereocenters. The van der Waals surface area contributed by atoms with Gasteiger partial charge in [0.1, 0.15) is 11.5 Å². The quantitative estimate of drug-likeness (QED) is 0.578. The largest absolute Gasteiger partial charge is 0.483 e. The number of hydrogen-bond donors (Lipinski definition) is 1. The minimum absolute atomic E-state index is 0.104. The van der Waals surface area contributed by atoms with Crippen LogP contribution in [0.4, 0.5) is 0 Å². The molecule has 1 aromatic heterocycles. The molecule has 0 radical (unpaired) electrons. The van der Waals surface area contributed by atoms with Crippen LogP contribution in [0.3, 0.4) is 0 Å². The van der Waals surface area contributed by atoms with E-state index in [4.69, 9.17) is 9.15 Å². The zero-order chi connectivity index (χ0) is 16.1. The van der Waals surface area contributed by atoms with Crippen molar-refractivity contribution in [3.05, 3.63) is 50.3 Å². The molecule has 0 aliphatic rings. The van der Waals surface area contributed by atoms with Crippen molar-refractivity contribution in [2.24, 2.45) is 5.10 Å². The lowest BCUT2D eigenvalue weighted by molar-refractivity contribution is -0.123. The molecule has 0 bridgehead atoms. The topological polar surface area (TPSA) is 63.8 Å². The Hall–Kier alpha value is -1.60. The Morgan fingerprint density at radius 3 is 2.86 bits per heavy atom. The Morgan fingerprint density at radius 2 is 2.18 bits per heavy atom. The van der Waals surface area contributed by atoms with Crippen molar-refractivity contribution in [1.82, 2.24) is 5.43 Å². The van der Waals surface area contributed by atoms with Gasteiger partial charge in [-0.25, -0.2) is 5.43 Å². The lowest BCUT2D eigenvalue weighted by atomic mass is 10.1. The Kier molecular flexibility index (Phi) is 5.79. The molecule has 0 atom stereocenters. The summed E-state index contributed by atoms with van der Waals surface area (Å²) in [5.41, 5.74) is 4.51. The number of hydrogen-bond acceptors (Lipinski definition) is 4. The molecule has 22 heavy (non-hydrogen) atoms. The number of nitrogens with one attached hydrogen (secondary N) is 1. The monoisotopic (exact) mass is 428 g/mol. The highest BCUT2D eigenvalue weighted by molar-refractivity contribution is 9.13. The van der Waals surface area contributed by atoms with E-state index < -0.39 is 0 Å². The second-order valence-corrected chi connectivity index (χ2v) is 6.12. The van der Waals surface area contributed by atoms with E-state index in [-0.39, 0.29) is 12.5 Å². The van der Waals surface area contributed by atoms with Crippen molar-refractivity contribution in [2.45, 2.75) is 13.8 Å². The smallest absolute Gasteiger partial charge is 0.277 e. The summed E-state index contributed by atoms with van der Waals surface area (Å²) in [5, 5.41) is 3.81. The van der Waals surface area contributed by atoms with Crippen LogP contribution in [0, 0.1) is 13.8 Å². The van der Waals surface area contributed by atoms with E-state index in [1.807, 2.05) is 32.0 Å². The van der Waals surface area contributed by atoms with Crippen LogP contribution in [-0.4, -0.2) is 18.7 Å². The third kappa shape index (κ3) is 4.45. The van der Waals surface area contributed by atoms with Gasteiger partial charge in [-0.05, 0) is 62.9 Å². The summed E-state index contributed by atoms with van der Waals surface area (Å²) in [5.74, 6) is 0.856. The van der Waals surface area contributed by atoms with E-state index in [0.29, 0.717) is 16.2 Å². The molecule has 1 aromatic carbocycles. The first-order valence-corrected chi connectivity index (χ1v) is 8.01. The first-order chi connectivity index (χ1) is 10.5. The van der Waals surface area contributed by atoms with E-state index in [0.717, 1.165) is 15.6 Å². The first-order valence-electron chi connectivity index (χ1n) is 6.43. The fraction of sp³-hybridized carbons (Fsp3) is 0.200. The van der Waals surface area contributed by atoms with Crippen LogP contribution in [-0.2, 0) is 4.79 Å². The molecule has 0 fully saturated rings. The van der Waals surface area contributed by atoms with Crippen LogP contribution < -0.4 is 10.2 Å². The molecular weight excluding hydrogens is 416 g/mol. The van der Waals surface area contributed by atoms with Crippen LogP contribution >= 0.6 is 31.9 Å². The second-order valence-electron chi connectivity index (χ2n) is 4.55. The average Bonchev–Trinajstić information content (AvgIpc) is 2.79. The fourth-order valence-corrected chi connectivity index (χ4v) is 2.26. The second kappa shape index (κ2) is 7.60. The standard InChI is InChI=1S/C15H14Br2N2O3/c1-9-4-3-5-13(10(9)2)21-8-14(20)19-18-7-11-6-12(16)15(17)22-11/h3-7H,8H2,1-2H3,(H,19,20)/b18-7-. The van der Waals surface area contributed by atoms with Crippen molar-refractivity contribution in [1.29, 1.82) is 0 Å². The molecule has 1 N–H and O–H groups in total. The van der Waals surface area contributed by atoms with Gasteiger partial charge in [-0.15, -0.1) is 0 Å². The number of ether oxygens (including phenoxy) is 1. The summed E-state index contributed by atoms with van der Waals surface area (Å²) in [6.45, 7) is 3.84. The Morgan fingerprint density at radius 1 is 1.41 bits per heavy atom. The molecule has 0 spiro atoms. The number of carbonyl (C=O) groups is 1. The SMILES string of the molecule is Cc1cccc(OCC(=O)N/N=C\c2cc(Br)c(Br)o2)c1C. The van der Waals surface area contributed by atoms with Gasteiger partial charge in [0.15, 0.2) is 11.3 Å². The van der Waals surface area contributed by atoms with Crippen molar-refractivity contribution in [3.63, 3.8) is 0 Å². The number of carbonyl (C=O) groups excluding carboxylic acids is 1. The third-order valence-corrected chi connectivity index (χ3v) is 4.67. The molecule has 0 saturated carbocycles. The minimum Gasteiger partial charge on any atom is -0.483 e. The molecule has 0 aliphatic carbocycles. The molecule has 1 amide bonds. The van der Waals surface area contributed by atoms with Gasteiger partial charge < -0.3 is 9.15 Å². The van der Waals surface area contributed by atoms with E-state index in [1.54, 1.807) is 6.07 Å². The number of benzene rings is 1. The van der Waals surface area contributed by atoms with E-state index in [1.165, 1.54) is 6.21 Å². The van der Waals surface area contributed by atoms with Crippen LogP contribution in [0.1, 0.15) is 16.9 Å². The highest BCUT2D eigenvalue weighted by Crippen LogP contribution is 2.25. The predicted molar refractivity (Wildman–Crippen MR) is 91.3 cm³/mol. The first kappa shape index (κ1) is 16.8. The maximum atomic E-state index is 11.7. The van der Waals surface area contributed by atoms with Gasteiger partial charge in [0.25, 0.3) is 5.91 Å². The van der Waals surface area contributed by atoms with Gasteiger partial charge in [0, 0.05) is 6.07 Å². The Labute approximate surface area is 145 Å². The summed E-state index contributed by atoms with van der Waals surface area (Å²) in [6, 6.07) is 7.44. The van der Waals surface area contributed by atoms with Gasteiger partial charge in [-0.3, -0.25) is 4.79 Å². The van der Waals surface area contributed by atoms with Gasteiger partial charge in [0.2, 0.25) is 0 Å². The number of hydrazone groups is 1. The van der Waals surface area contributed by atoms with Crippen LogP contribution in [0.15, 0.2) is 42.9 Å². The van der Waals surface area contributed by atoms with Gasteiger partial charge >= 0.3 is 0 Å². The molecule has 7 heteroatoms. The number of rotatable bonds is 5. The normalized spacial score (nSPS) is 10.9. The number of furan rings is 1. The average molecular weight is 430 g/mol. The highest BCUT2D eigenvalue weighted by atomic mass is 79.9. The molecule has 2 aromatic rings. The fourth-order valence-electron chi connectivity index (χ4n) is 1.65. The maximum absolute atomic E-state index is 11.7. The Balaban J connectivity index is 1.84. The summed E-state index contributed by atoms with van der Waals surface area (Å²) < 4.78 is 12.1. The third-order valence-electron chi connectivity index (χ3n) is 2.96. The van der Waals surface area contributed by atoms with Crippen molar-refractivity contribution in [2.75, 3.05) is 6.61 Å². The molecule has 2 rings (SSSR count). The summed E-state index contributed by atoms with van der Waals surface area (Å²) in [4.78, 5) is 11.7. The number of halogens is 2. The van der Waals surface area contributed by atoms with Gasteiger partial charge in [0.05, 0.1) is 10.7 Å². The lowest BCUT2D eigenvalue weighted by Crippen LogP contribution is -2.24. The predicted octanol–water partition coefficient (Wildman–Crippen LogP) is 3.95. The van der Waals surface area contributed by atoms with Gasteiger partial charge in [-0.2, -0.15) is 5.10 Å². The molecule has 5 nitrogen and oxygen atoms in total. The number of nitrogens with zero attached hydrogens (tertiary/aromatic N) is 1. The molecular formula is C15H14Br2N2O3. The zero-order valence-corrected chi connectivity index (χ0v) is 15.2. The minimum atomic E-state index is -0.346. The van der Waals surface area contributed by atoms with Crippen LogP contribution in [0.5, 0.6) is 5.75 Å².